The van der Waals surface area contributed by atoms with Gasteiger partial charge in [-0.05, 0) is 24.3 Å². The number of anilines is 1. The molecule has 108 valence electrons. The first-order chi connectivity index (χ1) is 10.1. The van der Waals surface area contributed by atoms with E-state index in [0.717, 1.165) is 0 Å². The number of amides is 1. The van der Waals surface area contributed by atoms with Gasteiger partial charge in [-0.3, -0.25) is 14.9 Å². The highest BCUT2D eigenvalue weighted by Crippen LogP contribution is 2.21. The number of nitro benzene ring substituents is 1. The number of non-ortho nitro benzene ring substituents is 1. The van der Waals surface area contributed by atoms with Gasteiger partial charge in [0.05, 0.1) is 10.6 Å². The zero-order valence-electron chi connectivity index (χ0n) is 10.9. The number of phenols is 1. The smallest absolute Gasteiger partial charge is 0.269 e. The number of benzene rings is 2. The summed E-state index contributed by atoms with van der Waals surface area (Å²) in [6.45, 7) is -0.272. The van der Waals surface area contributed by atoms with Crippen molar-refractivity contribution in [3.05, 3.63) is 58.6 Å². The van der Waals surface area contributed by atoms with E-state index >= 15 is 0 Å². The average Bonchev–Trinajstić information content (AvgIpc) is 2.48. The minimum Gasteiger partial charge on any atom is -0.506 e. The Morgan fingerprint density at radius 2 is 1.86 bits per heavy atom. The Balaban J connectivity index is 1.89. The largest absolute Gasteiger partial charge is 0.506 e. The van der Waals surface area contributed by atoms with Crippen molar-refractivity contribution < 1.29 is 19.6 Å². The molecule has 0 aliphatic heterocycles. The van der Waals surface area contributed by atoms with Crippen LogP contribution in [0.2, 0.25) is 0 Å². The number of hydrogen-bond acceptors (Lipinski definition) is 5. The molecule has 0 heterocycles. The molecule has 2 aromatic rings. The van der Waals surface area contributed by atoms with Crippen LogP contribution in [0.25, 0.3) is 0 Å². The molecule has 0 aliphatic carbocycles. The standard InChI is InChI=1S/C14H12N2O5/c17-13-4-2-1-3-12(13)15-14(18)9-21-11-7-5-10(6-8-11)16(19)20/h1-8,17H,9H2,(H,15,18). The number of rotatable bonds is 5. The summed E-state index contributed by atoms with van der Waals surface area (Å²) in [5, 5.41) is 22.5. The van der Waals surface area contributed by atoms with E-state index in [9.17, 15) is 20.0 Å². The lowest BCUT2D eigenvalue weighted by molar-refractivity contribution is -0.384. The molecule has 0 fully saturated rings. The predicted octanol–water partition coefficient (Wildman–Crippen LogP) is 2.32. The van der Waals surface area contributed by atoms with Crippen molar-refractivity contribution in [2.24, 2.45) is 0 Å². The van der Waals surface area contributed by atoms with Crippen LogP contribution in [0.5, 0.6) is 11.5 Å². The molecule has 0 spiro atoms. The van der Waals surface area contributed by atoms with Crippen LogP contribution in [0.1, 0.15) is 0 Å². The number of phenolic OH excluding ortho intramolecular Hbond substituents is 1. The maximum atomic E-state index is 11.7. The number of nitro groups is 1. The molecule has 0 atom stereocenters. The average molecular weight is 288 g/mol. The van der Waals surface area contributed by atoms with Gasteiger partial charge < -0.3 is 15.2 Å². The van der Waals surface area contributed by atoms with Gasteiger partial charge in [0.15, 0.2) is 6.61 Å². The molecule has 2 rings (SSSR count). The number of para-hydroxylation sites is 2. The van der Waals surface area contributed by atoms with Crippen molar-refractivity contribution in [3.63, 3.8) is 0 Å². The fourth-order valence-electron chi connectivity index (χ4n) is 1.58. The van der Waals surface area contributed by atoms with E-state index in [2.05, 4.69) is 5.32 Å². The molecule has 7 nitrogen and oxygen atoms in total. The quantitative estimate of drug-likeness (QED) is 0.499. The molecular formula is C14H12N2O5. The lowest BCUT2D eigenvalue weighted by Gasteiger charge is -2.08. The fourth-order valence-corrected chi connectivity index (χ4v) is 1.58. The molecule has 0 aromatic heterocycles. The van der Waals surface area contributed by atoms with Crippen molar-refractivity contribution in [3.8, 4) is 11.5 Å². The van der Waals surface area contributed by atoms with E-state index in [1.165, 1.54) is 30.3 Å². The first kappa shape index (κ1) is 14.3. The van der Waals surface area contributed by atoms with Gasteiger partial charge in [-0.25, -0.2) is 0 Å². The predicted molar refractivity (Wildman–Crippen MR) is 75.3 cm³/mol. The van der Waals surface area contributed by atoms with Crippen molar-refractivity contribution in [2.45, 2.75) is 0 Å². The van der Waals surface area contributed by atoms with Crippen LogP contribution in [-0.2, 0) is 4.79 Å². The highest BCUT2D eigenvalue weighted by atomic mass is 16.6. The SMILES string of the molecule is O=C(COc1ccc([N+](=O)[O-])cc1)Nc1ccccc1O. The molecule has 0 bridgehead atoms. The van der Waals surface area contributed by atoms with Crippen molar-refractivity contribution in [1.29, 1.82) is 0 Å². The Morgan fingerprint density at radius 3 is 2.48 bits per heavy atom. The number of nitrogens with zero attached hydrogens (tertiary/aromatic N) is 1. The highest BCUT2D eigenvalue weighted by Gasteiger charge is 2.08. The highest BCUT2D eigenvalue weighted by molar-refractivity contribution is 5.93. The molecule has 0 aliphatic rings. The Hall–Kier alpha value is -3.09. The first-order valence-electron chi connectivity index (χ1n) is 6.01. The summed E-state index contributed by atoms with van der Waals surface area (Å²) in [6, 6.07) is 11.7. The van der Waals surface area contributed by atoms with Gasteiger partial charge in [0, 0.05) is 12.1 Å². The molecule has 0 unspecified atom stereocenters. The molecular weight excluding hydrogens is 276 g/mol. The van der Waals surface area contributed by atoms with Gasteiger partial charge in [-0.15, -0.1) is 0 Å². The number of ether oxygens (including phenoxy) is 1. The van der Waals surface area contributed by atoms with Gasteiger partial charge in [-0.1, -0.05) is 12.1 Å². The van der Waals surface area contributed by atoms with E-state index in [0.29, 0.717) is 5.75 Å². The van der Waals surface area contributed by atoms with Crippen LogP contribution in [-0.4, -0.2) is 22.5 Å². The first-order valence-corrected chi connectivity index (χ1v) is 6.01. The van der Waals surface area contributed by atoms with Gasteiger partial charge in [-0.2, -0.15) is 0 Å². The maximum Gasteiger partial charge on any atom is 0.269 e. The summed E-state index contributed by atoms with van der Waals surface area (Å²) in [4.78, 5) is 21.6. The number of hydrogen-bond donors (Lipinski definition) is 2. The van der Waals surface area contributed by atoms with Crippen LogP contribution in [0.3, 0.4) is 0 Å². The minimum absolute atomic E-state index is 0.0406. The lowest BCUT2D eigenvalue weighted by atomic mass is 10.3. The van der Waals surface area contributed by atoms with E-state index in [1.54, 1.807) is 18.2 Å². The van der Waals surface area contributed by atoms with E-state index in [-0.39, 0.29) is 23.7 Å². The molecule has 0 saturated heterocycles. The lowest BCUT2D eigenvalue weighted by Crippen LogP contribution is -2.20. The number of aromatic hydroxyl groups is 1. The van der Waals surface area contributed by atoms with Crippen molar-refractivity contribution >= 4 is 17.3 Å². The topological polar surface area (TPSA) is 102 Å². The summed E-state index contributed by atoms with van der Waals surface area (Å²) in [5.74, 6) is -0.149. The molecule has 2 aromatic carbocycles. The number of carbonyl (C=O) groups is 1. The van der Waals surface area contributed by atoms with Crippen molar-refractivity contribution in [1.82, 2.24) is 0 Å². The van der Waals surface area contributed by atoms with Crippen LogP contribution in [0, 0.1) is 10.1 Å². The molecule has 7 heteroatoms. The Morgan fingerprint density at radius 1 is 1.19 bits per heavy atom. The third-order valence-corrected chi connectivity index (χ3v) is 2.60. The zero-order valence-corrected chi connectivity index (χ0v) is 10.9. The summed E-state index contributed by atoms with van der Waals surface area (Å²) in [7, 11) is 0. The van der Waals surface area contributed by atoms with E-state index in [1.807, 2.05) is 0 Å². The number of nitrogens with one attached hydrogen (secondary N) is 1. The molecule has 0 saturated carbocycles. The zero-order chi connectivity index (χ0) is 15.2. The van der Waals surface area contributed by atoms with Gasteiger partial charge in [0.25, 0.3) is 11.6 Å². The number of carbonyl (C=O) groups excluding carboxylic acids is 1. The Bertz CT molecular complexity index is 655. The Labute approximate surface area is 119 Å². The summed E-state index contributed by atoms with van der Waals surface area (Å²) < 4.78 is 5.20. The van der Waals surface area contributed by atoms with Gasteiger partial charge >= 0.3 is 0 Å². The third kappa shape index (κ3) is 3.93. The second kappa shape index (κ2) is 6.38. The molecule has 0 radical (unpaired) electrons. The van der Waals surface area contributed by atoms with Gasteiger partial charge in [0.1, 0.15) is 11.5 Å². The fraction of sp³-hybridized carbons (Fsp3) is 0.0714. The van der Waals surface area contributed by atoms with Crippen LogP contribution >= 0.6 is 0 Å². The molecule has 21 heavy (non-hydrogen) atoms. The van der Waals surface area contributed by atoms with Crippen molar-refractivity contribution in [2.75, 3.05) is 11.9 Å². The second-order valence-corrected chi connectivity index (χ2v) is 4.11. The van der Waals surface area contributed by atoms with Crippen LogP contribution in [0.4, 0.5) is 11.4 Å². The Kier molecular flexibility index (Phi) is 4.35. The summed E-state index contributed by atoms with van der Waals surface area (Å²) >= 11 is 0. The third-order valence-electron chi connectivity index (χ3n) is 2.60. The van der Waals surface area contributed by atoms with Gasteiger partial charge in [0.2, 0.25) is 0 Å². The normalized spacial score (nSPS) is 9.90. The maximum absolute atomic E-state index is 11.7. The van der Waals surface area contributed by atoms with Crippen LogP contribution in [0.15, 0.2) is 48.5 Å². The van der Waals surface area contributed by atoms with E-state index < -0.39 is 10.8 Å². The second-order valence-electron chi connectivity index (χ2n) is 4.11. The summed E-state index contributed by atoms with van der Waals surface area (Å²) in [6.07, 6.45) is 0. The molecule has 1 amide bonds. The molecule has 2 N–H and O–H groups in total. The van der Waals surface area contributed by atoms with E-state index in [4.69, 9.17) is 4.74 Å². The summed E-state index contributed by atoms with van der Waals surface area (Å²) in [5.41, 5.74) is 0.232. The monoisotopic (exact) mass is 288 g/mol. The van der Waals surface area contributed by atoms with Crippen LogP contribution < -0.4 is 10.1 Å². The minimum atomic E-state index is -0.519.